The Morgan fingerprint density at radius 3 is 2.62 bits per heavy atom. The lowest BCUT2D eigenvalue weighted by Gasteiger charge is -2.33. The normalized spacial score (nSPS) is 23.0. The molecule has 1 aromatic rings. The highest BCUT2D eigenvalue weighted by Crippen LogP contribution is 2.20. The highest BCUT2D eigenvalue weighted by Gasteiger charge is 2.27. The molecule has 1 N–H and O–H groups in total. The molecule has 0 bridgehead atoms. The average Bonchev–Trinajstić information content (AvgIpc) is 3.01. The van der Waals surface area contributed by atoms with Crippen molar-refractivity contribution in [2.45, 2.75) is 50.7 Å². The first-order valence-electron chi connectivity index (χ1n) is 8.08. The van der Waals surface area contributed by atoms with E-state index in [4.69, 9.17) is 4.74 Å². The van der Waals surface area contributed by atoms with E-state index in [1.165, 1.54) is 12.8 Å². The first-order valence-corrected chi connectivity index (χ1v) is 8.08. The maximum atomic E-state index is 12.3. The zero-order valence-electron chi connectivity index (χ0n) is 12.5. The number of amides is 2. The van der Waals surface area contributed by atoms with Crippen molar-refractivity contribution in [3.05, 3.63) is 30.3 Å². The summed E-state index contributed by atoms with van der Waals surface area (Å²) in [4.78, 5) is 14.2. The van der Waals surface area contributed by atoms with Crippen LogP contribution in [0.5, 0.6) is 5.75 Å². The predicted molar refractivity (Wildman–Crippen MR) is 82.5 cm³/mol. The lowest BCUT2D eigenvalue weighted by molar-refractivity contribution is 0.100. The zero-order chi connectivity index (χ0) is 14.5. The van der Waals surface area contributed by atoms with Gasteiger partial charge in [-0.3, -0.25) is 0 Å². The van der Waals surface area contributed by atoms with Crippen molar-refractivity contribution in [2.24, 2.45) is 0 Å². The third-order valence-corrected chi connectivity index (χ3v) is 4.39. The Balaban J connectivity index is 1.51. The molecule has 1 aromatic carbocycles. The van der Waals surface area contributed by atoms with Gasteiger partial charge in [-0.05, 0) is 37.8 Å². The van der Waals surface area contributed by atoms with Crippen LogP contribution in [0.15, 0.2) is 30.3 Å². The Bertz CT molecular complexity index is 457. The molecule has 2 aliphatic rings. The molecule has 21 heavy (non-hydrogen) atoms. The summed E-state index contributed by atoms with van der Waals surface area (Å²) >= 11 is 0. The highest BCUT2D eigenvalue weighted by atomic mass is 16.5. The lowest BCUT2D eigenvalue weighted by atomic mass is 10.1. The number of nitrogens with zero attached hydrogens (tertiary/aromatic N) is 1. The SMILES string of the molecule is O=C(NC1CCCC1)N1CCCC(Oc2ccccc2)C1. The van der Waals surface area contributed by atoms with Crippen LogP contribution in [0.2, 0.25) is 0 Å². The standard InChI is InChI=1S/C17H24N2O2/c20-17(18-14-7-4-5-8-14)19-12-6-11-16(13-19)21-15-9-2-1-3-10-15/h1-3,9-10,14,16H,4-8,11-13H2,(H,18,20). The molecule has 1 heterocycles. The summed E-state index contributed by atoms with van der Waals surface area (Å²) in [7, 11) is 0. The van der Waals surface area contributed by atoms with E-state index >= 15 is 0 Å². The molecule has 0 aromatic heterocycles. The number of likely N-dealkylation sites (tertiary alicyclic amines) is 1. The monoisotopic (exact) mass is 288 g/mol. The summed E-state index contributed by atoms with van der Waals surface area (Å²) in [6, 6.07) is 10.3. The van der Waals surface area contributed by atoms with E-state index in [-0.39, 0.29) is 12.1 Å². The summed E-state index contributed by atoms with van der Waals surface area (Å²) in [5.74, 6) is 0.889. The maximum Gasteiger partial charge on any atom is 0.317 e. The van der Waals surface area contributed by atoms with E-state index in [9.17, 15) is 4.79 Å². The van der Waals surface area contributed by atoms with Crippen LogP contribution in [0.1, 0.15) is 38.5 Å². The largest absolute Gasteiger partial charge is 0.489 e. The van der Waals surface area contributed by atoms with Gasteiger partial charge in [-0.15, -0.1) is 0 Å². The molecule has 2 amide bonds. The van der Waals surface area contributed by atoms with E-state index in [1.54, 1.807) is 0 Å². The van der Waals surface area contributed by atoms with E-state index in [0.29, 0.717) is 12.6 Å². The van der Waals surface area contributed by atoms with Crippen LogP contribution in [0.3, 0.4) is 0 Å². The van der Waals surface area contributed by atoms with Gasteiger partial charge in [0.1, 0.15) is 11.9 Å². The second-order valence-electron chi connectivity index (χ2n) is 6.07. The minimum absolute atomic E-state index is 0.0864. The maximum absolute atomic E-state index is 12.3. The molecule has 1 aliphatic heterocycles. The number of piperidine rings is 1. The third-order valence-electron chi connectivity index (χ3n) is 4.39. The summed E-state index contributed by atoms with van der Waals surface area (Å²) < 4.78 is 5.98. The van der Waals surface area contributed by atoms with Crippen LogP contribution >= 0.6 is 0 Å². The summed E-state index contributed by atoms with van der Waals surface area (Å²) in [5, 5.41) is 3.16. The van der Waals surface area contributed by atoms with Gasteiger partial charge in [-0.1, -0.05) is 31.0 Å². The third kappa shape index (κ3) is 3.90. The topological polar surface area (TPSA) is 41.6 Å². The van der Waals surface area contributed by atoms with Crippen molar-refractivity contribution in [1.82, 2.24) is 10.2 Å². The van der Waals surface area contributed by atoms with Crippen molar-refractivity contribution in [2.75, 3.05) is 13.1 Å². The molecule has 2 fully saturated rings. The quantitative estimate of drug-likeness (QED) is 0.928. The molecule has 0 spiro atoms. The number of carbonyl (C=O) groups is 1. The van der Waals surface area contributed by atoms with Gasteiger partial charge in [0.25, 0.3) is 0 Å². The van der Waals surface area contributed by atoms with Crippen LogP contribution in [-0.4, -0.2) is 36.2 Å². The predicted octanol–water partition coefficient (Wildman–Crippen LogP) is 3.18. The van der Waals surface area contributed by atoms with Crippen LogP contribution < -0.4 is 10.1 Å². The Morgan fingerprint density at radius 1 is 1.10 bits per heavy atom. The number of carbonyl (C=O) groups excluding carboxylic acids is 1. The molecule has 3 rings (SSSR count). The fourth-order valence-electron chi connectivity index (χ4n) is 3.25. The van der Waals surface area contributed by atoms with Crippen molar-refractivity contribution < 1.29 is 9.53 Å². The molecule has 4 nitrogen and oxygen atoms in total. The molecule has 4 heteroatoms. The highest BCUT2D eigenvalue weighted by molar-refractivity contribution is 5.74. The molecule has 114 valence electrons. The van der Waals surface area contributed by atoms with Gasteiger partial charge in [0, 0.05) is 12.6 Å². The summed E-state index contributed by atoms with van der Waals surface area (Å²) in [6.45, 7) is 1.53. The number of para-hydroxylation sites is 1. The van der Waals surface area contributed by atoms with Crippen LogP contribution in [0, 0.1) is 0 Å². The molecular weight excluding hydrogens is 264 g/mol. The van der Waals surface area contributed by atoms with E-state index < -0.39 is 0 Å². The van der Waals surface area contributed by atoms with Crippen LogP contribution in [-0.2, 0) is 0 Å². The van der Waals surface area contributed by atoms with Gasteiger partial charge in [-0.2, -0.15) is 0 Å². The second-order valence-corrected chi connectivity index (χ2v) is 6.07. The number of hydrogen-bond acceptors (Lipinski definition) is 2. The Kier molecular flexibility index (Phi) is 4.63. The van der Waals surface area contributed by atoms with Crippen LogP contribution in [0.25, 0.3) is 0 Å². The smallest absolute Gasteiger partial charge is 0.317 e. The van der Waals surface area contributed by atoms with E-state index in [2.05, 4.69) is 5.32 Å². The Morgan fingerprint density at radius 2 is 1.86 bits per heavy atom. The second kappa shape index (κ2) is 6.83. The Labute approximate surface area is 126 Å². The molecule has 1 atom stereocenters. The van der Waals surface area contributed by atoms with E-state index in [0.717, 1.165) is 38.0 Å². The average molecular weight is 288 g/mol. The lowest BCUT2D eigenvalue weighted by Crippen LogP contribution is -2.50. The number of ether oxygens (including phenoxy) is 1. The molecule has 1 aliphatic carbocycles. The summed E-state index contributed by atoms with van der Waals surface area (Å²) in [6.07, 6.45) is 6.87. The number of hydrogen-bond donors (Lipinski definition) is 1. The number of benzene rings is 1. The van der Waals surface area contributed by atoms with Crippen molar-refractivity contribution >= 4 is 6.03 Å². The number of nitrogens with one attached hydrogen (secondary N) is 1. The minimum atomic E-state index is 0.0864. The van der Waals surface area contributed by atoms with Crippen molar-refractivity contribution in [1.29, 1.82) is 0 Å². The molecule has 1 unspecified atom stereocenters. The van der Waals surface area contributed by atoms with Crippen molar-refractivity contribution in [3.63, 3.8) is 0 Å². The molecule has 1 saturated heterocycles. The van der Waals surface area contributed by atoms with Crippen LogP contribution in [0.4, 0.5) is 4.79 Å². The first kappa shape index (κ1) is 14.2. The van der Waals surface area contributed by atoms with Gasteiger partial charge in [-0.25, -0.2) is 4.79 Å². The molecule has 0 radical (unpaired) electrons. The fourth-order valence-corrected chi connectivity index (χ4v) is 3.25. The van der Waals surface area contributed by atoms with Gasteiger partial charge in [0.2, 0.25) is 0 Å². The molecular formula is C17H24N2O2. The van der Waals surface area contributed by atoms with Gasteiger partial charge in [0.05, 0.1) is 6.54 Å². The van der Waals surface area contributed by atoms with Gasteiger partial charge < -0.3 is 15.0 Å². The molecule has 1 saturated carbocycles. The fraction of sp³-hybridized carbons (Fsp3) is 0.588. The van der Waals surface area contributed by atoms with E-state index in [1.807, 2.05) is 35.2 Å². The number of rotatable bonds is 3. The zero-order valence-corrected chi connectivity index (χ0v) is 12.5. The first-order chi connectivity index (χ1) is 10.3. The minimum Gasteiger partial charge on any atom is -0.489 e. The number of urea groups is 1. The van der Waals surface area contributed by atoms with Gasteiger partial charge >= 0.3 is 6.03 Å². The van der Waals surface area contributed by atoms with Gasteiger partial charge in [0.15, 0.2) is 0 Å². The Hall–Kier alpha value is -1.71. The van der Waals surface area contributed by atoms with Crippen molar-refractivity contribution in [3.8, 4) is 5.75 Å². The summed E-state index contributed by atoms with van der Waals surface area (Å²) in [5.41, 5.74) is 0.